The lowest BCUT2D eigenvalue weighted by Crippen LogP contribution is -2.57. The molecule has 1 amide bonds. The minimum Gasteiger partial charge on any atom is -0.490 e. The Kier molecular flexibility index (Phi) is 7.35. The van der Waals surface area contributed by atoms with Gasteiger partial charge in [-0.25, -0.2) is 9.78 Å². The third-order valence-electron chi connectivity index (χ3n) is 5.35. The molecule has 3 aromatic rings. The van der Waals surface area contributed by atoms with Crippen LogP contribution in [0.3, 0.4) is 0 Å². The number of pyridine rings is 2. The lowest BCUT2D eigenvalue weighted by atomic mass is 10.2. The van der Waals surface area contributed by atoms with E-state index in [1.54, 1.807) is 29.4 Å². The molecule has 0 bridgehead atoms. The van der Waals surface area contributed by atoms with E-state index < -0.39 is 11.7 Å². The molecule has 1 unspecified atom stereocenters. The van der Waals surface area contributed by atoms with Crippen molar-refractivity contribution < 1.29 is 27.4 Å². The molecular weight excluding hydrogens is 471 g/mol. The number of fused-ring (bicyclic) bond motifs is 1. The van der Waals surface area contributed by atoms with E-state index in [1.807, 2.05) is 11.8 Å². The minimum atomic E-state index is -4.48. The highest BCUT2D eigenvalue weighted by Crippen LogP contribution is 2.35. The number of ether oxygens (including phenoxy) is 2. The van der Waals surface area contributed by atoms with Crippen LogP contribution in [-0.4, -0.2) is 64.8 Å². The second-order valence-corrected chi connectivity index (χ2v) is 8.81. The predicted molar refractivity (Wildman–Crippen MR) is 121 cm³/mol. The van der Waals surface area contributed by atoms with Crippen LogP contribution in [-0.2, 0) is 10.9 Å². The van der Waals surface area contributed by atoms with E-state index in [1.165, 1.54) is 0 Å². The summed E-state index contributed by atoms with van der Waals surface area (Å²) in [6.45, 7) is 3.74. The number of halogens is 3. The molecule has 1 aliphatic rings. The second kappa shape index (κ2) is 10.4. The second-order valence-electron chi connectivity index (χ2n) is 7.80. The highest BCUT2D eigenvalue weighted by Gasteiger charge is 2.34. The number of carbonyl (C=O) groups excluding carboxylic acids is 1. The van der Waals surface area contributed by atoms with E-state index in [4.69, 9.17) is 9.47 Å². The van der Waals surface area contributed by atoms with Gasteiger partial charge in [0.2, 0.25) is 0 Å². The van der Waals surface area contributed by atoms with E-state index in [0.29, 0.717) is 41.8 Å². The standard InChI is InChI=1S/C22H24F3N5O3S/c1-2-3-9-32-21(31)29-7-8-30(16(13-29)14-33-17-5-4-6-26-12-17)20-28-19-18(34-20)10-15(11-27-19)22(23,24)25/h4-6,10-12,16H,2-3,7-9,13-14H2,1H3. The van der Waals surface area contributed by atoms with Crippen LogP contribution in [0.4, 0.5) is 23.1 Å². The number of nitrogens with zero attached hydrogens (tertiary/aromatic N) is 5. The van der Waals surface area contributed by atoms with Crippen LogP contribution < -0.4 is 9.64 Å². The average Bonchev–Trinajstić information content (AvgIpc) is 3.26. The molecule has 0 spiro atoms. The van der Waals surface area contributed by atoms with Crippen LogP contribution in [0.2, 0.25) is 0 Å². The molecule has 1 atom stereocenters. The lowest BCUT2D eigenvalue weighted by Gasteiger charge is -2.40. The zero-order chi connectivity index (χ0) is 24.1. The maximum atomic E-state index is 13.1. The first-order valence-corrected chi connectivity index (χ1v) is 11.7. The van der Waals surface area contributed by atoms with Crippen LogP contribution in [0.1, 0.15) is 25.3 Å². The molecule has 0 radical (unpaired) electrons. The third kappa shape index (κ3) is 5.66. The fourth-order valence-electron chi connectivity index (χ4n) is 3.52. The summed E-state index contributed by atoms with van der Waals surface area (Å²) in [5, 5.41) is 0.528. The van der Waals surface area contributed by atoms with Crippen LogP contribution in [0.15, 0.2) is 36.8 Å². The number of rotatable bonds is 7. The summed E-state index contributed by atoms with van der Waals surface area (Å²) >= 11 is 1.14. The fraction of sp³-hybridized carbons (Fsp3) is 0.455. The molecule has 4 heterocycles. The maximum Gasteiger partial charge on any atom is 0.417 e. The van der Waals surface area contributed by atoms with E-state index >= 15 is 0 Å². The van der Waals surface area contributed by atoms with Crippen molar-refractivity contribution in [2.24, 2.45) is 0 Å². The molecule has 0 aromatic carbocycles. The third-order valence-corrected chi connectivity index (χ3v) is 6.38. The average molecular weight is 496 g/mol. The van der Waals surface area contributed by atoms with Gasteiger partial charge < -0.3 is 19.3 Å². The molecule has 1 saturated heterocycles. The van der Waals surface area contributed by atoms with Gasteiger partial charge in [-0.15, -0.1) is 0 Å². The van der Waals surface area contributed by atoms with Crippen molar-refractivity contribution in [3.05, 3.63) is 42.4 Å². The zero-order valence-corrected chi connectivity index (χ0v) is 19.3. The summed E-state index contributed by atoms with van der Waals surface area (Å²) in [6.07, 6.45) is 0.859. The monoisotopic (exact) mass is 495 g/mol. The van der Waals surface area contributed by atoms with Gasteiger partial charge in [-0.3, -0.25) is 4.98 Å². The highest BCUT2D eigenvalue weighted by molar-refractivity contribution is 7.22. The number of amides is 1. The van der Waals surface area contributed by atoms with Crippen molar-refractivity contribution in [3.63, 3.8) is 0 Å². The van der Waals surface area contributed by atoms with Crippen LogP contribution in [0, 0.1) is 0 Å². The van der Waals surface area contributed by atoms with Crippen molar-refractivity contribution in [1.29, 1.82) is 0 Å². The Labute approximate surface area is 198 Å². The number of unbranched alkanes of at least 4 members (excludes halogenated alkanes) is 1. The Morgan fingerprint density at radius 3 is 2.88 bits per heavy atom. The van der Waals surface area contributed by atoms with Crippen LogP contribution in [0.5, 0.6) is 5.75 Å². The zero-order valence-electron chi connectivity index (χ0n) is 18.5. The topological polar surface area (TPSA) is 80.7 Å². The number of alkyl halides is 3. The smallest absolute Gasteiger partial charge is 0.417 e. The summed E-state index contributed by atoms with van der Waals surface area (Å²) < 4.78 is 50.9. The van der Waals surface area contributed by atoms with Gasteiger partial charge in [-0.1, -0.05) is 24.7 Å². The van der Waals surface area contributed by atoms with Gasteiger partial charge >= 0.3 is 12.3 Å². The van der Waals surface area contributed by atoms with Gasteiger partial charge in [0.05, 0.1) is 29.1 Å². The Bertz CT molecular complexity index is 1110. The van der Waals surface area contributed by atoms with Crippen molar-refractivity contribution in [1.82, 2.24) is 19.9 Å². The van der Waals surface area contributed by atoms with E-state index in [2.05, 4.69) is 15.0 Å². The number of thiazole rings is 1. The lowest BCUT2D eigenvalue weighted by molar-refractivity contribution is -0.137. The van der Waals surface area contributed by atoms with Crippen molar-refractivity contribution in [2.45, 2.75) is 32.0 Å². The number of hydrogen-bond donors (Lipinski definition) is 0. The van der Waals surface area contributed by atoms with Crippen molar-refractivity contribution >= 4 is 32.9 Å². The summed E-state index contributed by atoms with van der Waals surface area (Å²) in [7, 11) is 0. The van der Waals surface area contributed by atoms with Gasteiger partial charge in [0, 0.05) is 32.0 Å². The van der Waals surface area contributed by atoms with Crippen molar-refractivity contribution in [2.75, 3.05) is 37.7 Å². The molecule has 0 saturated carbocycles. The molecular formula is C22H24F3N5O3S. The van der Waals surface area contributed by atoms with Crippen molar-refractivity contribution in [3.8, 4) is 5.75 Å². The van der Waals surface area contributed by atoms with E-state index in [-0.39, 0.29) is 24.4 Å². The van der Waals surface area contributed by atoms with Gasteiger partial charge in [0.15, 0.2) is 10.8 Å². The largest absolute Gasteiger partial charge is 0.490 e. The Morgan fingerprint density at radius 2 is 2.15 bits per heavy atom. The van der Waals surface area contributed by atoms with Gasteiger partial charge in [-0.05, 0) is 24.6 Å². The summed E-state index contributed by atoms with van der Waals surface area (Å²) in [4.78, 5) is 28.5. The summed E-state index contributed by atoms with van der Waals surface area (Å²) in [5.74, 6) is 0.575. The summed E-state index contributed by atoms with van der Waals surface area (Å²) in [6, 6.07) is 4.29. The number of aromatic nitrogens is 3. The molecule has 0 N–H and O–H groups in total. The predicted octanol–water partition coefficient (Wildman–Crippen LogP) is 4.61. The molecule has 8 nitrogen and oxygen atoms in total. The first kappa shape index (κ1) is 24.0. The van der Waals surface area contributed by atoms with Gasteiger partial charge in [0.1, 0.15) is 12.4 Å². The Hall–Kier alpha value is -3.15. The van der Waals surface area contributed by atoms with Gasteiger partial charge in [-0.2, -0.15) is 18.2 Å². The molecule has 34 heavy (non-hydrogen) atoms. The fourth-order valence-corrected chi connectivity index (χ4v) is 4.58. The summed E-state index contributed by atoms with van der Waals surface area (Å²) in [5.41, 5.74) is -0.562. The number of carbonyl (C=O) groups is 1. The maximum absolute atomic E-state index is 13.1. The van der Waals surface area contributed by atoms with E-state index in [0.717, 1.165) is 36.4 Å². The molecule has 0 aliphatic carbocycles. The first-order valence-electron chi connectivity index (χ1n) is 10.9. The SMILES string of the molecule is CCCCOC(=O)N1CCN(c2nc3ncc(C(F)(F)F)cc3s2)C(COc2cccnc2)C1. The molecule has 1 fully saturated rings. The normalized spacial score (nSPS) is 16.6. The molecule has 1 aliphatic heterocycles. The number of anilines is 1. The van der Waals surface area contributed by atoms with Crippen LogP contribution in [0.25, 0.3) is 10.3 Å². The molecule has 3 aromatic heterocycles. The number of piperazine rings is 1. The Balaban J connectivity index is 1.54. The highest BCUT2D eigenvalue weighted by atomic mass is 32.1. The molecule has 182 valence electrons. The molecule has 4 rings (SSSR count). The first-order chi connectivity index (χ1) is 16.3. The minimum absolute atomic E-state index is 0.224. The Morgan fingerprint density at radius 1 is 1.29 bits per heavy atom. The quantitative estimate of drug-likeness (QED) is 0.443. The number of hydrogen-bond acceptors (Lipinski definition) is 8. The van der Waals surface area contributed by atoms with E-state index in [9.17, 15) is 18.0 Å². The molecule has 12 heteroatoms. The van der Waals surface area contributed by atoms with Crippen LogP contribution >= 0.6 is 11.3 Å². The van der Waals surface area contributed by atoms with Gasteiger partial charge in [0.25, 0.3) is 0 Å².